The van der Waals surface area contributed by atoms with Crippen LogP contribution in [0.4, 0.5) is 0 Å². The summed E-state index contributed by atoms with van der Waals surface area (Å²) in [6.45, 7) is 2.54. The van der Waals surface area contributed by atoms with Gasteiger partial charge in [-0.15, -0.1) is 0 Å². The number of hydrogen-bond acceptors (Lipinski definition) is 4. The lowest BCUT2D eigenvalue weighted by atomic mass is 10.3. The van der Waals surface area contributed by atoms with Crippen LogP contribution < -0.4 is 11.2 Å². The van der Waals surface area contributed by atoms with Gasteiger partial charge in [-0.2, -0.15) is 0 Å². The summed E-state index contributed by atoms with van der Waals surface area (Å²) in [6.07, 6.45) is 5.93. The summed E-state index contributed by atoms with van der Waals surface area (Å²) in [6, 6.07) is 3.71. The standard InChI is InChI=1S/C16H17N5O2/c1-2-8-20-14-12(15(22)21(16(20)23)11-5-6-11)18-13(19-14)10-4-3-7-17-9-10/h3-4,7,9,11H,2,5-6,8H2,1H3,(H,18,19). The Hall–Kier alpha value is -2.70. The molecule has 0 amide bonds. The zero-order valence-electron chi connectivity index (χ0n) is 12.8. The fourth-order valence-corrected chi connectivity index (χ4v) is 2.86. The van der Waals surface area contributed by atoms with E-state index in [1.807, 2.05) is 19.1 Å². The molecule has 7 nitrogen and oxygen atoms in total. The van der Waals surface area contributed by atoms with Gasteiger partial charge in [-0.05, 0) is 31.4 Å². The van der Waals surface area contributed by atoms with Gasteiger partial charge in [0.05, 0.1) is 0 Å². The molecule has 0 radical (unpaired) electrons. The number of imidazole rings is 1. The van der Waals surface area contributed by atoms with E-state index in [0.29, 0.717) is 23.5 Å². The van der Waals surface area contributed by atoms with Crippen LogP contribution in [0.2, 0.25) is 0 Å². The van der Waals surface area contributed by atoms with Crippen LogP contribution in [0.3, 0.4) is 0 Å². The number of aromatic amines is 1. The Labute approximate surface area is 131 Å². The van der Waals surface area contributed by atoms with Crippen molar-refractivity contribution in [3.63, 3.8) is 0 Å². The molecule has 0 atom stereocenters. The lowest BCUT2D eigenvalue weighted by molar-refractivity contribution is 0.571. The van der Waals surface area contributed by atoms with Gasteiger partial charge in [-0.1, -0.05) is 6.92 Å². The molecule has 3 aromatic heterocycles. The number of aryl methyl sites for hydroxylation is 1. The number of aromatic nitrogens is 5. The molecule has 0 aliphatic heterocycles. The van der Waals surface area contributed by atoms with Crippen LogP contribution in [0.1, 0.15) is 32.2 Å². The lowest BCUT2D eigenvalue weighted by Crippen LogP contribution is -2.39. The van der Waals surface area contributed by atoms with Crippen LogP contribution >= 0.6 is 0 Å². The Balaban J connectivity index is 2.03. The monoisotopic (exact) mass is 311 g/mol. The van der Waals surface area contributed by atoms with E-state index in [0.717, 1.165) is 24.8 Å². The normalized spacial score (nSPS) is 14.5. The number of fused-ring (bicyclic) bond motifs is 1. The second-order valence-corrected chi connectivity index (χ2v) is 5.87. The molecular formula is C16H17N5O2. The van der Waals surface area contributed by atoms with Crippen molar-refractivity contribution in [2.24, 2.45) is 0 Å². The molecule has 0 unspecified atom stereocenters. The quantitative estimate of drug-likeness (QED) is 0.794. The largest absolute Gasteiger partial charge is 0.333 e. The maximum Gasteiger partial charge on any atom is 0.333 e. The summed E-state index contributed by atoms with van der Waals surface area (Å²) in [4.78, 5) is 37.0. The van der Waals surface area contributed by atoms with E-state index in [9.17, 15) is 9.59 Å². The molecular weight excluding hydrogens is 294 g/mol. The third-order valence-corrected chi connectivity index (χ3v) is 4.10. The third-order valence-electron chi connectivity index (χ3n) is 4.10. The van der Waals surface area contributed by atoms with Crippen LogP contribution in [-0.4, -0.2) is 24.1 Å². The molecule has 4 rings (SSSR count). The van der Waals surface area contributed by atoms with Crippen LogP contribution in [0.15, 0.2) is 34.1 Å². The van der Waals surface area contributed by atoms with Gasteiger partial charge in [0.25, 0.3) is 5.56 Å². The van der Waals surface area contributed by atoms with E-state index in [1.165, 1.54) is 4.57 Å². The van der Waals surface area contributed by atoms with Gasteiger partial charge in [-0.25, -0.2) is 9.78 Å². The van der Waals surface area contributed by atoms with Crippen LogP contribution in [0.25, 0.3) is 22.6 Å². The molecule has 23 heavy (non-hydrogen) atoms. The van der Waals surface area contributed by atoms with E-state index in [1.54, 1.807) is 17.0 Å². The first-order valence-electron chi connectivity index (χ1n) is 7.86. The summed E-state index contributed by atoms with van der Waals surface area (Å²) < 4.78 is 2.98. The minimum atomic E-state index is -0.275. The van der Waals surface area contributed by atoms with Crippen molar-refractivity contribution in [1.82, 2.24) is 24.1 Å². The fourth-order valence-electron chi connectivity index (χ4n) is 2.86. The Bertz CT molecular complexity index is 979. The molecule has 118 valence electrons. The number of rotatable bonds is 4. The van der Waals surface area contributed by atoms with Crippen molar-refractivity contribution in [3.05, 3.63) is 45.4 Å². The Morgan fingerprint density at radius 3 is 2.83 bits per heavy atom. The van der Waals surface area contributed by atoms with Crippen molar-refractivity contribution in [3.8, 4) is 11.4 Å². The van der Waals surface area contributed by atoms with E-state index >= 15 is 0 Å². The topological polar surface area (TPSA) is 85.6 Å². The van der Waals surface area contributed by atoms with Crippen molar-refractivity contribution >= 4 is 11.2 Å². The molecule has 1 aliphatic rings. The highest BCUT2D eigenvalue weighted by Gasteiger charge is 2.29. The number of hydrogen-bond donors (Lipinski definition) is 1. The summed E-state index contributed by atoms with van der Waals surface area (Å²) in [5.74, 6) is 0.558. The van der Waals surface area contributed by atoms with Crippen molar-refractivity contribution < 1.29 is 0 Å². The second-order valence-electron chi connectivity index (χ2n) is 5.87. The Kier molecular flexibility index (Phi) is 3.14. The molecule has 0 spiro atoms. The molecule has 0 saturated heterocycles. The van der Waals surface area contributed by atoms with Crippen molar-refractivity contribution in [2.45, 2.75) is 38.8 Å². The summed E-state index contributed by atoms with van der Waals surface area (Å²) in [5, 5.41) is 0. The zero-order valence-corrected chi connectivity index (χ0v) is 12.8. The van der Waals surface area contributed by atoms with Gasteiger partial charge < -0.3 is 4.98 Å². The van der Waals surface area contributed by atoms with Crippen LogP contribution in [0, 0.1) is 0 Å². The van der Waals surface area contributed by atoms with E-state index in [-0.39, 0.29) is 17.3 Å². The Morgan fingerprint density at radius 2 is 2.17 bits per heavy atom. The number of nitrogens with zero attached hydrogens (tertiary/aromatic N) is 4. The van der Waals surface area contributed by atoms with E-state index < -0.39 is 0 Å². The van der Waals surface area contributed by atoms with Gasteiger partial charge in [0.15, 0.2) is 5.65 Å². The molecule has 1 aliphatic carbocycles. The Morgan fingerprint density at radius 1 is 1.35 bits per heavy atom. The third kappa shape index (κ3) is 2.19. The fraction of sp³-hybridized carbons (Fsp3) is 0.375. The highest BCUT2D eigenvalue weighted by molar-refractivity contribution is 5.75. The second kappa shape index (κ2) is 5.19. The first-order chi connectivity index (χ1) is 11.2. The van der Waals surface area contributed by atoms with Gasteiger partial charge in [-0.3, -0.25) is 18.9 Å². The zero-order chi connectivity index (χ0) is 16.0. The highest BCUT2D eigenvalue weighted by atomic mass is 16.2. The van der Waals surface area contributed by atoms with Crippen molar-refractivity contribution in [2.75, 3.05) is 0 Å². The SMILES string of the molecule is CCCn1c(=O)n(C2CC2)c(=O)c2[nH]c(-c3cccnc3)nc21. The molecule has 1 saturated carbocycles. The maximum absolute atomic E-state index is 12.7. The smallest absolute Gasteiger partial charge is 0.332 e. The summed E-state index contributed by atoms with van der Waals surface area (Å²) >= 11 is 0. The molecule has 3 aromatic rings. The minimum Gasteiger partial charge on any atom is -0.332 e. The average molecular weight is 311 g/mol. The van der Waals surface area contributed by atoms with Crippen molar-refractivity contribution in [1.29, 1.82) is 0 Å². The summed E-state index contributed by atoms with van der Waals surface area (Å²) in [7, 11) is 0. The van der Waals surface area contributed by atoms with E-state index in [2.05, 4.69) is 15.0 Å². The molecule has 7 heteroatoms. The first-order valence-corrected chi connectivity index (χ1v) is 7.86. The van der Waals surface area contributed by atoms with Crippen LogP contribution in [-0.2, 0) is 6.54 Å². The van der Waals surface area contributed by atoms with Crippen LogP contribution in [0.5, 0.6) is 0 Å². The predicted molar refractivity (Wildman–Crippen MR) is 86.4 cm³/mol. The van der Waals surface area contributed by atoms with E-state index in [4.69, 9.17) is 0 Å². The maximum atomic E-state index is 12.7. The molecule has 1 fully saturated rings. The van der Waals surface area contributed by atoms with Gasteiger partial charge >= 0.3 is 5.69 Å². The lowest BCUT2D eigenvalue weighted by Gasteiger charge is -2.09. The first kappa shape index (κ1) is 13.9. The molecule has 0 bridgehead atoms. The number of nitrogens with one attached hydrogen (secondary N) is 1. The molecule has 3 heterocycles. The molecule has 0 aromatic carbocycles. The predicted octanol–water partition coefficient (Wildman–Crippen LogP) is 1.69. The number of pyridine rings is 1. The van der Waals surface area contributed by atoms with Gasteiger partial charge in [0.2, 0.25) is 0 Å². The highest BCUT2D eigenvalue weighted by Crippen LogP contribution is 2.32. The van der Waals surface area contributed by atoms with Gasteiger partial charge in [0, 0.05) is 30.5 Å². The summed E-state index contributed by atoms with van der Waals surface area (Å²) in [5.41, 5.74) is 1.08. The minimum absolute atomic E-state index is 0.0349. The number of H-pyrrole nitrogens is 1. The van der Waals surface area contributed by atoms with Gasteiger partial charge in [0.1, 0.15) is 11.3 Å². The average Bonchev–Trinajstić information content (AvgIpc) is 3.29. The molecule has 1 N–H and O–H groups in total.